The second-order valence-electron chi connectivity index (χ2n) is 5.90. The molecule has 2 atom stereocenters. The van der Waals surface area contributed by atoms with E-state index in [0.29, 0.717) is 13.1 Å². The van der Waals surface area contributed by atoms with E-state index in [-0.39, 0.29) is 23.7 Å². The van der Waals surface area contributed by atoms with Crippen LogP contribution < -0.4 is 0 Å². The van der Waals surface area contributed by atoms with Crippen LogP contribution in [0, 0.1) is 0 Å². The molecule has 2 unspecified atom stereocenters. The van der Waals surface area contributed by atoms with Crippen molar-refractivity contribution in [3.8, 4) is 0 Å². The van der Waals surface area contributed by atoms with Gasteiger partial charge in [-0.25, -0.2) is 8.42 Å². The maximum absolute atomic E-state index is 12.4. The molecule has 2 fully saturated rings. The zero-order valence-corrected chi connectivity index (χ0v) is 14.1. The van der Waals surface area contributed by atoms with Crippen LogP contribution in [0.5, 0.6) is 0 Å². The van der Waals surface area contributed by atoms with Crippen LogP contribution in [0.4, 0.5) is 0 Å². The summed E-state index contributed by atoms with van der Waals surface area (Å²) in [6.07, 6.45) is 1.56. The van der Waals surface area contributed by atoms with Crippen molar-refractivity contribution in [2.75, 3.05) is 38.5 Å². The molecule has 0 aromatic rings. The number of likely N-dealkylation sites (tertiary alicyclic amines) is 1. The Kier molecular flexibility index (Phi) is 5.27. The number of amides is 1. The van der Waals surface area contributed by atoms with E-state index in [2.05, 4.69) is 4.90 Å². The van der Waals surface area contributed by atoms with Gasteiger partial charge in [-0.15, -0.1) is 0 Å². The fourth-order valence-corrected chi connectivity index (χ4v) is 5.14. The number of likely N-dealkylation sites (N-methyl/N-ethyl adjacent to an activating group) is 1. The van der Waals surface area contributed by atoms with Gasteiger partial charge in [0.1, 0.15) is 0 Å². The molecule has 0 aromatic heterocycles. The minimum atomic E-state index is -3.05. The van der Waals surface area contributed by atoms with Gasteiger partial charge in [-0.3, -0.25) is 9.69 Å². The highest BCUT2D eigenvalue weighted by Gasteiger charge is 2.40. The van der Waals surface area contributed by atoms with E-state index in [4.69, 9.17) is 0 Å². The molecule has 6 nitrogen and oxygen atoms in total. The number of rotatable bonds is 5. The van der Waals surface area contributed by atoms with Crippen LogP contribution in [0.1, 0.15) is 33.6 Å². The fraction of sp³-hybridized carbons (Fsp3) is 0.929. The molecule has 0 N–H and O–H groups in total. The molecule has 2 heterocycles. The first-order valence-corrected chi connectivity index (χ1v) is 9.54. The SMILES string of the molecule is CCN(CC)C(=O)C(C)N1CCC(N2CCCS2(=O)=O)C1. The minimum Gasteiger partial charge on any atom is -0.342 e. The number of carbonyl (C=O) groups excluding carboxylic acids is 1. The molecule has 21 heavy (non-hydrogen) atoms. The Hall–Kier alpha value is -0.660. The summed E-state index contributed by atoms with van der Waals surface area (Å²) < 4.78 is 25.6. The summed E-state index contributed by atoms with van der Waals surface area (Å²) >= 11 is 0. The molecular weight excluding hydrogens is 290 g/mol. The minimum absolute atomic E-state index is 0.0458. The lowest BCUT2D eigenvalue weighted by atomic mass is 10.2. The van der Waals surface area contributed by atoms with Crippen molar-refractivity contribution in [1.82, 2.24) is 14.1 Å². The van der Waals surface area contributed by atoms with E-state index in [0.717, 1.165) is 32.5 Å². The molecule has 0 radical (unpaired) electrons. The topological polar surface area (TPSA) is 60.9 Å². The van der Waals surface area contributed by atoms with Gasteiger partial charge in [0.25, 0.3) is 0 Å². The summed E-state index contributed by atoms with van der Waals surface area (Å²) in [5.74, 6) is 0.419. The third-order valence-corrected chi connectivity index (χ3v) is 6.72. The second kappa shape index (κ2) is 6.62. The number of hydrogen-bond acceptors (Lipinski definition) is 4. The van der Waals surface area contributed by atoms with Crippen LogP contribution in [0.15, 0.2) is 0 Å². The lowest BCUT2D eigenvalue weighted by Gasteiger charge is -2.29. The lowest BCUT2D eigenvalue weighted by molar-refractivity contribution is -0.135. The van der Waals surface area contributed by atoms with E-state index in [1.54, 1.807) is 4.31 Å². The van der Waals surface area contributed by atoms with E-state index >= 15 is 0 Å². The van der Waals surface area contributed by atoms with Crippen molar-refractivity contribution in [3.63, 3.8) is 0 Å². The van der Waals surface area contributed by atoms with Crippen LogP contribution in [-0.2, 0) is 14.8 Å². The van der Waals surface area contributed by atoms with E-state index in [9.17, 15) is 13.2 Å². The van der Waals surface area contributed by atoms with Gasteiger partial charge < -0.3 is 4.90 Å². The summed E-state index contributed by atoms with van der Waals surface area (Å²) in [4.78, 5) is 16.4. The van der Waals surface area contributed by atoms with Crippen molar-refractivity contribution >= 4 is 15.9 Å². The highest BCUT2D eigenvalue weighted by Crippen LogP contribution is 2.25. The smallest absolute Gasteiger partial charge is 0.239 e. The third-order valence-electron chi connectivity index (χ3n) is 4.72. The molecule has 0 aliphatic carbocycles. The molecular formula is C14H27N3O3S. The summed E-state index contributed by atoms with van der Waals surface area (Å²) in [5.41, 5.74) is 0. The molecule has 0 saturated carbocycles. The Labute approximate surface area is 128 Å². The lowest BCUT2D eigenvalue weighted by Crippen LogP contribution is -2.47. The molecule has 0 spiro atoms. The van der Waals surface area contributed by atoms with Gasteiger partial charge in [-0.2, -0.15) is 4.31 Å². The largest absolute Gasteiger partial charge is 0.342 e. The molecule has 122 valence electrons. The molecule has 0 aromatic carbocycles. The Morgan fingerprint density at radius 3 is 2.48 bits per heavy atom. The average Bonchev–Trinajstić information content (AvgIpc) is 3.04. The highest BCUT2D eigenvalue weighted by atomic mass is 32.2. The highest BCUT2D eigenvalue weighted by molar-refractivity contribution is 7.89. The first kappa shape index (κ1) is 16.7. The van der Waals surface area contributed by atoms with Crippen LogP contribution in [0.25, 0.3) is 0 Å². The summed E-state index contributed by atoms with van der Waals surface area (Å²) in [6, 6.07) is -0.121. The van der Waals surface area contributed by atoms with E-state index in [1.165, 1.54) is 0 Å². The van der Waals surface area contributed by atoms with Gasteiger partial charge in [0.05, 0.1) is 11.8 Å². The van der Waals surface area contributed by atoms with Gasteiger partial charge in [-0.1, -0.05) is 0 Å². The Balaban J connectivity index is 1.97. The maximum Gasteiger partial charge on any atom is 0.239 e. The van der Waals surface area contributed by atoms with Crippen LogP contribution >= 0.6 is 0 Å². The van der Waals surface area contributed by atoms with Gasteiger partial charge >= 0.3 is 0 Å². The predicted molar refractivity (Wildman–Crippen MR) is 82.5 cm³/mol. The summed E-state index contributed by atoms with van der Waals surface area (Å²) in [6.45, 7) is 9.45. The Morgan fingerprint density at radius 2 is 1.95 bits per heavy atom. The summed E-state index contributed by atoms with van der Waals surface area (Å²) in [5, 5.41) is 0. The monoisotopic (exact) mass is 317 g/mol. The molecule has 2 aliphatic rings. The van der Waals surface area contributed by atoms with Gasteiger partial charge in [0.2, 0.25) is 15.9 Å². The molecule has 2 aliphatic heterocycles. The first-order chi connectivity index (χ1) is 9.90. The van der Waals surface area contributed by atoms with E-state index in [1.807, 2.05) is 25.7 Å². The zero-order chi connectivity index (χ0) is 15.6. The van der Waals surface area contributed by atoms with E-state index < -0.39 is 10.0 Å². The van der Waals surface area contributed by atoms with Gasteiger partial charge in [-0.05, 0) is 33.6 Å². The van der Waals surface area contributed by atoms with Gasteiger partial charge in [0.15, 0.2) is 0 Å². The van der Waals surface area contributed by atoms with Crippen molar-refractivity contribution < 1.29 is 13.2 Å². The second-order valence-corrected chi connectivity index (χ2v) is 7.95. The number of carbonyl (C=O) groups is 1. The van der Waals surface area contributed by atoms with Crippen LogP contribution in [0.2, 0.25) is 0 Å². The standard InChI is InChI=1S/C14H27N3O3S/c1-4-15(5-2)14(18)12(3)16-9-7-13(11-16)17-8-6-10-21(17,19)20/h12-13H,4-11H2,1-3H3. The van der Waals surface area contributed by atoms with Crippen molar-refractivity contribution in [2.24, 2.45) is 0 Å². The van der Waals surface area contributed by atoms with Crippen molar-refractivity contribution in [1.29, 1.82) is 0 Å². The third kappa shape index (κ3) is 3.40. The van der Waals surface area contributed by atoms with Crippen molar-refractivity contribution in [2.45, 2.75) is 45.7 Å². The molecule has 7 heteroatoms. The van der Waals surface area contributed by atoms with Crippen LogP contribution in [0.3, 0.4) is 0 Å². The zero-order valence-electron chi connectivity index (χ0n) is 13.3. The summed E-state index contributed by atoms with van der Waals surface area (Å²) in [7, 11) is -3.05. The normalized spacial score (nSPS) is 27.9. The van der Waals surface area contributed by atoms with Crippen LogP contribution in [-0.4, -0.2) is 79.0 Å². The Bertz CT molecular complexity index is 476. The number of hydrogen-bond donors (Lipinski definition) is 0. The average molecular weight is 317 g/mol. The molecule has 2 rings (SSSR count). The molecule has 1 amide bonds. The fourth-order valence-electron chi connectivity index (χ4n) is 3.38. The molecule has 2 saturated heterocycles. The number of sulfonamides is 1. The number of nitrogens with zero attached hydrogens (tertiary/aromatic N) is 3. The molecule has 0 bridgehead atoms. The maximum atomic E-state index is 12.4. The van der Waals surface area contributed by atoms with Gasteiger partial charge in [0, 0.05) is 38.8 Å². The first-order valence-electron chi connectivity index (χ1n) is 7.93. The quantitative estimate of drug-likeness (QED) is 0.734. The Morgan fingerprint density at radius 1 is 1.29 bits per heavy atom. The predicted octanol–water partition coefficient (Wildman–Crippen LogP) is 0.353. The van der Waals surface area contributed by atoms with Crippen molar-refractivity contribution in [3.05, 3.63) is 0 Å².